The van der Waals surface area contributed by atoms with E-state index in [-0.39, 0.29) is 12.3 Å². The largest absolute Gasteiger partial charge is 0.398 e. The zero-order valence-electron chi connectivity index (χ0n) is 12.7. The molecule has 1 aliphatic heterocycles. The fourth-order valence-electron chi connectivity index (χ4n) is 2.29. The van der Waals surface area contributed by atoms with Gasteiger partial charge in [0.25, 0.3) is 0 Å². The lowest BCUT2D eigenvalue weighted by atomic mass is 9.92. The van der Waals surface area contributed by atoms with E-state index in [1.165, 1.54) is 0 Å². The van der Waals surface area contributed by atoms with Crippen LogP contribution < -0.4 is 5.73 Å². The van der Waals surface area contributed by atoms with Gasteiger partial charge in [0, 0.05) is 22.4 Å². The molecule has 0 atom stereocenters. The minimum absolute atomic E-state index is 0.0689. The summed E-state index contributed by atoms with van der Waals surface area (Å²) in [5, 5.41) is 0. The molecule has 2 aromatic rings. The minimum Gasteiger partial charge on any atom is -0.398 e. The van der Waals surface area contributed by atoms with Gasteiger partial charge in [0.2, 0.25) is 0 Å². The van der Waals surface area contributed by atoms with Crippen LogP contribution in [-0.2, 0) is 0 Å². The molecule has 3 nitrogen and oxygen atoms in total. The van der Waals surface area contributed by atoms with Gasteiger partial charge >= 0.3 is 0 Å². The van der Waals surface area contributed by atoms with E-state index in [0.717, 1.165) is 33.7 Å². The van der Waals surface area contributed by atoms with E-state index in [1.54, 1.807) is 0 Å². The quantitative estimate of drug-likeness (QED) is 0.811. The second-order valence-electron chi connectivity index (χ2n) is 4.70. The highest BCUT2D eigenvalue weighted by Gasteiger charge is 2.20. The second kappa shape index (κ2) is 6.35. The number of fused-ring (bicyclic) bond motifs is 1. The molecule has 0 amide bonds. The Kier molecular flexibility index (Phi) is 4.53. The van der Waals surface area contributed by atoms with E-state index in [4.69, 9.17) is 5.73 Å². The summed E-state index contributed by atoms with van der Waals surface area (Å²) in [6.45, 7) is 6.18. The topological polar surface area (TPSA) is 55.5 Å². The fraction of sp³-hybridized carbons (Fsp3) is 0.222. The lowest BCUT2D eigenvalue weighted by molar-refractivity contribution is 0.1000. The van der Waals surface area contributed by atoms with Crippen LogP contribution in [0.25, 0.3) is 0 Å². The van der Waals surface area contributed by atoms with Gasteiger partial charge in [0.1, 0.15) is 6.54 Å². The minimum atomic E-state index is 0.0689. The van der Waals surface area contributed by atoms with Crippen molar-refractivity contribution in [3.05, 3.63) is 64.7 Å². The van der Waals surface area contributed by atoms with Crippen LogP contribution in [0.1, 0.15) is 40.9 Å². The van der Waals surface area contributed by atoms with Crippen molar-refractivity contribution in [3.8, 4) is 0 Å². The summed E-state index contributed by atoms with van der Waals surface area (Å²) < 4.78 is 0. The Morgan fingerprint density at radius 1 is 1.05 bits per heavy atom. The van der Waals surface area contributed by atoms with Crippen LogP contribution in [0.4, 0.5) is 5.69 Å². The lowest BCUT2D eigenvalue weighted by Gasteiger charge is -2.16. The van der Waals surface area contributed by atoms with Crippen molar-refractivity contribution in [2.24, 2.45) is 4.99 Å². The Morgan fingerprint density at radius 3 is 2.38 bits per heavy atom. The Labute approximate surface area is 125 Å². The Balaban J connectivity index is 0.000000774. The molecule has 1 heterocycles. The number of anilines is 1. The van der Waals surface area contributed by atoms with Crippen molar-refractivity contribution in [1.82, 2.24) is 0 Å². The molecule has 108 valence electrons. The van der Waals surface area contributed by atoms with Crippen LogP contribution >= 0.6 is 0 Å². The summed E-state index contributed by atoms with van der Waals surface area (Å²) in [6.07, 6.45) is 0. The third kappa shape index (κ3) is 2.87. The summed E-state index contributed by atoms with van der Waals surface area (Å²) in [4.78, 5) is 16.3. The van der Waals surface area contributed by atoms with Crippen LogP contribution in [-0.4, -0.2) is 18.0 Å². The highest BCUT2D eigenvalue weighted by molar-refractivity contribution is 6.22. The number of Topliss-reactive ketones (excluding diaryl/α,β-unsaturated/α-hetero) is 1. The number of nitrogen functional groups attached to an aromatic ring is 1. The summed E-state index contributed by atoms with van der Waals surface area (Å²) >= 11 is 0. The van der Waals surface area contributed by atoms with Crippen LogP contribution in [0.3, 0.4) is 0 Å². The first-order valence-corrected chi connectivity index (χ1v) is 7.20. The molecular weight excluding hydrogens is 260 g/mol. The van der Waals surface area contributed by atoms with Crippen molar-refractivity contribution in [2.75, 3.05) is 12.3 Å². The molecule has 0 aromatic heterocycles. The number of benzene rings is 2. The fourth-order valence-corrected chi connectivity index (χ4v) is 2.29. The third-order valence-electron chi connectivity index (χ3n) is 3.42. The molecule has 0 saturated heterocycles. The number of hydrogen-bond acceptors (Lipinski definition) is 3. The molecule has 0 unspecified atom stereocenters. The average molecular weight is 280 g/mol. The molecule has 0 fully saturated rings. The molecule has 3 heteroatoms. The molecule has 3 rings (SSSR count). The van der Waals surface area contributed by atoms with Crippen LogP contribution in [0, 0.1) is 6.92 Å². The number of nitrogens with zero attached hydrogens (tertiary/aromatic N) is 1. The van der Waals surface area contributed by atoms with Gasteiger partial charge in [-0.1, -0.05) is 50.2 Å². The summed E-state index contributed by atoms with van der Waals surface area (Å²) in [7, 11) is 0. The van der Waals surface area contributed by atoms with E-state index >= 15 is 0 Å². The van der Waals surface area contributed by atoms with E-state index in [1.807, 2.05) is 63.2 Å². The van der Waals surface area contributed by atoms with Gasteiger partial charge in [-0.15, -0.1) is 0 Å². The smallest absolute Gasteiger partial charge is 0.184 e. The number of ketones is 1. The third-order valence-corrected chi connectivity index (χ3v) is 3.42. The van der Waals surface area contributed by atoms with Crippen molar-refractivity contribution >= 4 is 17.2 Å². The van der Waals surface area contributed by atoms with Gasteiger partial charge in [0.05, 0.1) is 5.71 Å². The standard InChI is InChI=1S/C16H14N2O.C2H6/c1-10-6-7-11(8-14(10)17)16-13-5-3-2-4-12(13)15(19)9-18-16;1-2/h2-8H,9,17H2,1H3;1-2H3. The maximum Gasteiger partial charge on any atom is 0.184 e. The molecule has 0 spiro atoms. The van der Waals surface area contributed by atoms with Crippen molar-refractivity contribution < 1.29 is 4.79 Å². The maximum absolute atomic E-state index is 11.9. The van der Waals surface area contributed by atoms with E-state index in [2.05, 4.69) is 4.99 Å². The molecule has 0 radical (unpaired) electrons. The van der Waals surface area contributed by atoms with Crippen LogP contribution in [0.5, 0.6) is 0 Å². The molecule has 0 saturated carbocycles. The molecule has 2 N–H and O–H groups in total. The highest BCUT2D eigenvalue weighted by atomic mass is 16.1. The number of hydrogen-bond donors (Lipinski definition) is 1. The number of carbonyl (C=O) groups is 1. The number of aryl methyl sites for hydroxylation is 1. The van der Waals surface area contributed by atoms with Crippen molar-refractivity contribution in [3.63, 3.8) is 0 Å². The van der Waals surface area contributed by atoms with E-state index in [9.17, 15) is 4.79 Å². The van der Waals surface area contributed by atoms with E-state index in [0.29, 0.717) is 0 Å². The second-order valence-corrected chi connectivity index (χ2v) is 4.70. The molecule has 21 heavy (non-hydrogen) atoms. The van der Waals surface area contributed by atoms with Gasteiger partial charge in [-0.25, -0.2) is 0 Å². The Morgan fingerprint density at radius 2 is 1.71 bits per heavy atom. The van der Waals surface area contributed by atoms with Gasteiger partial charge < -0.3 is 5.73 Å². The maximum atomic E-state index is 11.9. The molecular formula is C18H20N2O. The molecule has 1 aliphatic rings. The number of rotatable bonds is 1. The van der Waals surface area contributed by atoms with Crippen molar-refractivity contribution in [2.45, 2.75) is 20.8 Å². The zero-order chi connectivity index (χ0) is 15.4. The van der Waals surface area contributed by atoms with Gasteiger partial charge in [-0.3, -0.25) is 9.79 Å². The monoisotopic (exact) mass is 280 g/mol. The predicted molar refractivity (Wildman–Crippen MR) is 88.2 cm³/mol. The van der Waals surface area contributed by atoms with Gasteiger partial charge in [0.15, 0.2) is 5.78 Å². The summed E-state index contributed by atoms with van der Waals surface area (Å²) in [5.74, 6) is 0.0689. The first-order valence-electron chi connectivity index (χ1n) is 7.20. The normalized spacial score (nSPS) is 12.9. The molecule has 0 aliphatic carbocycles. The average Bonchev–Trinajstić information content (AvgIpc) is 2.53. The van der Waals surface area contributed by atoms with Crippen LogP contribution in [0.2, 0.25) is 0 Å². The Bertz CT molecular complexity index is 702. The summed E-state index contributed by atoms with van der Waals surface area (Å²) in [6, 6.07) is 13.5. The number of carbonyl (C=O) groups excluding carboxylic acids is 1. The lowest BCUT2D eigenvalue weighted by Crippen LogP contribution is -2.19. The predicted octanol–water partition coefficient (Wildman–Crippen LogP) is 3.64. The molecule has 0 bridgehead atoms. The van der Waals surface area contributed by atoms with Gasteiger partial charge in [-0.2, -0.15) is 0 Å². The summed E-state index contributed by atoms with van der Waals surface area (Å²) in [5.41, 5.74) is 11.2. The van der Waals surface area contributed by atoms with E-state index < -0.39 is 0 Å². The van der Waals surface area contributed by atoms with Crippen LogP contribution in [0.15, 0.2) is 47.5 Å². The first kappa shape index (κ1) is 15.0. The van der Waals surface area contributed by atoms with Crippen molar-refractivity contribution in [1.29, 1.82) is 0 Å². The SMILES string of the molecule is CC.Cc1ccc(C2=NCC(=O)c3ccccc32)cc1N. The highest BCUT2D eigenvalue weighted by Crippen LogP contribution is 2.22. The first-order chi connectivity index (χ1) is 10.2. The number of nitrogens with two attached hydrogens (primary N) is 1. The number of aliphatic imine (C=N–C) groups is 1. The Hall–Kier alpha value is -2.42. The molecule has 2 aromatic carbocycles. The zero-order valence-corrected chi connectivity index (χ0v) is 12.7. The van der Waals surface area contributed by atoms with Gasteiger partial charge in [-0.05, 0) is 18.6 Å².